The predicted octanol–water partition coefficient (Wildman–Crippen LogP) is 1.53. The number of carboxylic acid groups (broad SMARTS) is 3. The van der Waals surface area contributed by atoms with E-state index in [0.29, 0.717) is 25.3 Å². The number of carboxylic acids is 3. The first-order valence-corrected chi connectivity index (χ1v) is 8.80. The van der Waals surface area contributed by atoms with Crippen LogP contribution in [0.2, 0.25) is 0 Å². The fraction of sp³-hybridized carbons (Fsp3) is 0.526. The van der Waals surface area contributed by atoms with Crippen LogP contribution in [0, 0.1) is 5.92 Å². The quantitative estimate of drug-likeness (QED) is 0.451. The zero-order valence-corrected chi connectivity index (χ0v) is 15.9. The molecule has 0 radical (unpaired) electrons. The Hall–Kier alpha value is -2.45. The lowest BCUT2D eigenvalue weighted by Gasteiger charge is -2.19. The number of benzene rings is 1. The monoisotopic (exact) mass is 382 g/mol. The predicted molar refractivity (Wildman–Crippen MR) is 102 cm³/mol. The van der Waals surface area contributed by atoms with Gasteiger partial charge in [0.05, 0.1) is 13.0 Å². The van der Waals surface area contributed by atoms with Crippen LogP contribution in [0.15, 0.2) is 30.3 Å². The molecule has 0 unspecified atom stereocenters. The van der Waals surface area contributed by atoms with E-state index in [1.807, 2.05) is 44.2 Å². The summed E-state index contributed by atoms with van der Waals surface area (Å²) in [7, 11) is 0. The first-order chi connectivity index (χ1) is 12.6. The van der Waals surface area contributed by atoms with Crippen molar-refractivity contribution in [2.24, 2.45) is 11.7 Å². The second-order valence-electron chi connectivity index (χ2n) is 6.62. The molecule has 1 rings (SSSR count). The molecule has 152 valence electrons. The minimum atomic E-state index is -0.937. The van der Waals surface area contributed by atoms with Crippen LogP contribution in [0.25, 0.3) is 0 Å². The van der Waals surface area contributed by atoms with Crippen molar-refractivity contribution in [3.05, 3.63) is 35.9 Å². The fourth-order valence-electron chi connectivity index (χ4n) is 2.26. The molecular weight excluding hydrogens is 352 g/mol. The third kappa shape index (κ3) is 14.4. The molecular formula is C19H30N2O6. The second kappa shape index (κ2) is 13.7. The lowest BCUT2D eigenvalue weighted by Crippen LogP contribution is -2.33. The van der Waals surface area contributed by atoms with Gasteiger partial charge in [0.15, 0.2) is 0 Å². The molecule has 0 aliphatic rings. The molecule has 0 bridgehead atoms. The topological polar surface area (TPSA) is 141 Å². The Bertz CT molecular complexity index is 577. The summed E-state index contributed by atoms with van der Waals surface area (Å²) in [6, 6.07) is 9.02. The molecule has 1 atom stereocenters. The van der Waals surface area contributed by atoms with E-state index in [2.05, 4.69) is 0 Å². The Morgan fingerprint density at radius 3 is 2.00 bits per heavy atom. The number of nitrogens with two attached hydrogens (primary N) is 1. The highest BCUT2D eigenvalue weighted by atomic mass is 16.4. The summed E-state index contributed by atoms with van der Waals surface area (Å²) in [4.78, 5) is 32.9. The van der Waals surface area contributed by atoms with E-state index in [4.69, 9.17) is 21.1 Å². The van der Waals surface area contributed by atoms with Crippen molar-refractivity contribution in [3.63, 3.8) is 0 Å². The smallest absolute Gasteiger partial charge is 0.320 e. The van der Waals surface area contributed by atoms with Gasteiger partial charge in [-0.25, -0.2) is 0 Å². The molecule has 1 aromatic rings. The van der Waals surface area contributed by atoms with Crippen molar-refractivity contribution in [3.8, 4) is 0 Å². The van der Waals surface area contributed by atoms with Crippen LogP contribution in [0.1, 0.15) is 32.3 Å². The summed E-state index contributed by atoms with van der Waals surface area (Å²) in [5.41, 5.74) is 6.33. The average Bonchev–Trinajstić information content (AvgIpc) is 2.57. The van der Waals surface area contributed by atoms with Crippen molar-refractivity contribution in [1.29, 1.82) is 0 Å². The summed E-state index contributed by atoms with van der Waals surface area (Å²) in [6.07, 6.45) is 1.23. The molecule has 27 heavy (non-hydrogen) atoms. The molecule has 8 heteroatoms. The minimum Gasteiger partial charge on any atom is -0.481 e. The van der Waals surface area contributed by atoms with E-state index in [9.17, 15) is 14.4 Å². The van der Waals surface area contributed by atoms with Gasteiger partial charge in [0.1, 0.15) is 6.04 Å². The largest absolute Gasteiger partial charge is 0.481 e. The summed E-state index contributed by atoms with van der Waals surface area (Å²) in [6.45, 7) is 4.57. The lowest BCUT2D eigenvalue weighted by molar-refractivity contribution is -0.141. The Balaban J connectivity index is 0.000000636. The van der Waals surface area contributed by atoms with Gasteiger partial charge in [-0.1, -0.05) is 44.2 Å². The lowest BCUT2D eigenvalue weighted by atomic mass is 10.1. The molecule has 0 saturated carbocycles. The number of rotatable bonds is 11. The van der Waals surface area contributed by atoms with Crippen molar-refractivity contribution in [2.75, 3.05) is 19.6 Å². The van der Waals surface area contributed by atoms with Crippen LogP contribution in [0.5, 0.6) is 0 Å². The van der Waals surface area contributed by atoms with Gasteiger partial charge in [0.25, 0.3) is 0 Å². The Morgan fingerprint density at radius 1 is 1.00 bits per heavy atom. The highest BCUT2D eigenvalue weighted by Gasteiger charge is 2.12. The van der Waals surface area contributed by atoms with Gasteiger partial charge < -0.3 is 21.1 Å². The van der Waals surface area contributed by atoms with Crippen LogP contribution in [-0.4, -0.2) is 63.8 Å². The highest BCUT2D eigenvalue weighted by molar-refractivity contribution is 5.73. The molecule has 1 aromatic carbocycles. The maximum atomic E-state index is 10.7. The number of carbonyl (C=O) groups is 3. The van der Waals surface area contributed by atoms with Gasteiger partial charge in [0.2, 0.25) is 0 Å². The van der Waals surface area contributed by atoms with Crippen LogP contribution >= 0.6 is 0 Å². The number of hydrogen-bond acceptors (Lipinski definition) is 5. The summed E-state index contributed by atoms with van der Waals surface area (Å²) in [5.74, 6) is -2.40. The van der Waals surface area contributed by atoms with Crippen molar-refractivity contribution in [1.82, 2.24) is 4.90 Å². The standard InChI is InChI=1S/C13H17NO4.C6H13NO2/c15-12(16)7-9-14(10-13(17)18)8-6-11-4-2-1-3-5-11;1-4(2)3-5(7)6(8)9/h1-5H,6-10H2,(H,15,16)(H,17,18);4-5H,3,7H2,1-2H3,(H,8,9)/t;5-/m.1/s1. The third-order valence-electron chi connectivity index (χ3n) is 3.60. The van der Waals surface area contributed by atoms with E-state index >= 15 is 0 Å². The van der Waals surface area contributed by atoms with Crippen molar-refractivity contribution < 1.29 is 29.7 Å². The van der Waals surface area contributed by atoms with Gasteiger partial charge in [-0.3, -0.25) is 19.3 Å². The molecule has 8 nitrogen and oxygen atoms in total. The first-order valence-electron chi connectivity index (χ1n) is 8.80. The van der Waals surface area contributed by atoms with E-state index in [0.717, 1.165) is 5.56 Å². The molecule has 0 spiro atoms. The third-order valence-corrected chi connectivity index (χ3v) is 3.60. The van der Waals surface area contributed by atoms with E-state index < -0.39 is 23.9 Å². The molecule has 0 aliphatic carbocycles. The van der Waals surface area contributed by atoms with Crippen molar-refractivity contribution in [2.45, 2.75) is 39.2 Å². The maximum absolute atomic E-state index is 10.7. The van der Waals surface area contributed by atoms with Crippen LogP contribution in [0.4, 0.5) is 0 Å². The molecule has 0 amide bonds. The Labute approximate surface area is 159 Å². The molecule has 0 fully saturated rings. The van der Waals surface area contributed by atoms with Gasteiger partial charge in [-0.05, 0) is 24.3 Å². The fourth-order valence-corrected chi connectivity index (χ4v) is 2.26. The van der Waals surface area contributed by atoms with Gasteiger partial charge in [0, 0.05) is 13.1 Å². The minimum absolute atomic E-state index is 0.0396. The molecule has 0 aromatic heterocycles. The van der Waals surface area contributed by atoms with Crippen LogP contribution in [-0.2, 0) is 20.8 Å². The maximum Gasteiger partial charge on any atom is 0.320 e. The second-order valence-corrected chi connectivity index (χ2v) is 6.62. The highest BCUT2D eigenvalue weighted by Crippen LogP contribution is 2.03. The number of hydrogen-bond donors (Lipinski definition) is 4. The van der Waals surface area contributed by atoms with Crippen molar-refractivity contribution >= 4 is 17.9 Å². The first kappa shape index (κ1) is 24.6. The van der Waals surface area contributed by atoms with E-state index in [1.165, 1.54) is 0 Å². The summed E-state index contributed by atoms with van der Waals surface area (Å²) >= 11 is 0. The average molecular weight is 382 g/mol. The molecule has 0 saturated heterocycles. The zero-order valence-electron chi connectivity index (χ0n) is 15.9. The van der Waals surface area contributed by atoms with Crippen LogP contribution < -0.4 is 5.73 Å². The molecule has 5 N–H and O–H groups in total. The van der Waals surface area contributed by atoms with Gasteiger partial charge in [-0.2, -0.15) is 0 Å². The number of nitrogens with zero attached hydrogens (tertiary/aromatic N) is 1. The SMILES string of the molecule is CC(C)C[C@@H](N)C(=O)O.O=C(O)CCN(CCc1ccccc1)CC(=O)O. The summed E-state index contributed by atoms with van der Waals surface area (Å²) in [5, 5.41) is 25.7. The Morgan fingerprint density at radius 2 is 1.59 bits per heavy atom. The van der Waals surface area contributed by atoms with Crippen LogP contribution in [0.3, 0.4) is 0 Å². The van der Waals surface area contributed by atoms with E-state index in [1.54, 1.807) is 4.90 Å². The molecule has 0 aliphatic heterocycles. The van der Waals surface area contributed by atoms with E-state index in [-0.39, 0.29) is 19.5 Å². The number of aliphatic carboxylic acids is 3. The van der Waals surface area contributed by atoms with Gasteiger partial charge in [-0.15, -0.1) is 0 Å². The zero-order chi connectivity index (χ0) is 20.8. The summed E-state index contributed by atoms with van der Waals surface area (Å²) < 4.78 is 0. The molecule has 0 heterocycles. The normalized spacial score (nSPS) is 11.6. The Kier molecular flexibility index (Phi) is 12.5. The van der Waals surface area contributed by atoms with Gasteiger partial charge >= 0.3 is 17.9 Å².